The fraction of sp³-hybridized carbons (Fsp3) is 0.198. The van der Waals surface area contributed by atoms with Gasteiger partial charge in [0.05, 0.1) is 37.5 Å². The van der Waals surface area contributed by atoms with Crippen molar-refractivity contribution in [3.05, 3.63) is 379 Å². The largest absolute Gasteiger partial charge is 0.497 e. The van der Waals surface area contributed by atoms with Crippen LogP contribution in [0.15, 0.2) is 291 Å². The Labute approximate surface area is 762 Å². The first-order valence-electron chi connectivity index (χ1n) is 38.4. The second kappa shape index (κ2) is 50.4. The van der Waals surface area contributed by atoms with Crippen molar-refractivity contribution in [2.75, 3.05) is 20.3 Å². The Morgan fingerprint density at radius 3 is 1.42 bits per heavy atom. The normalized spacial score (nSPS) is 10.6. The van der Waals surface area contributed by atoms with E-state index in [2.05, 4.69) is 224 Å². The van der Waals surface area contributed by atoms with E-state index >= 15 is 0 Å². The zero-order valence-corrected chi connectivity index (χ0v) is 78.4. The molecule has 4 nitrogen and oxygen atoms in total. The van der Waals surface area contributed by atoms with E-state index in [4.69, 9.17) is 72.2 Å². The van der Waals surface area contributed by atoms with Crippen LogP contribution in [0.2, 0.25) is 10.0 Å². The number of thiazole rings is 1. The smallest absolute Gasteiger partial charge is 0.416 e. The maximum atomic E-state index is 13.8. The highest BCUT2D eigenvalue weighted by Gasteiger charge is 2.30. The lowest BCUT2D eigenvalue weighted by Crippen LogP contribution is -2.03. The second-order valence-electron chi connectivity index (χ2n) is 27.5. The van der Waals surface area contributed by atoms with Gasteiger partial charge in [-0.2, -0.15) is 13.2 Å². The van der Waals surface area contributed by atoms with Crippen LogP contribution in [0.25, 0.3) is 77.3 Å². The average Bonchev–Trinajstić information content (AvgIpc) is 1.48. The molecule has 0 amide bonds. The second-order valence-corrected chi connectivity index (χ2v) is 32.4. The summed E-state index contributed by atoms with van der Waals surface area (Å²) >= 11 is 44.9. The molecule has 18 heteroatoms. The van der Waals surface area contributed by atoms with E-state index < -0.39 is 11.7 Å². The highest BCUT2D eigenvalue weighted by atomic mass is 79.9. The number of halogens is 13. The van der Waals surface area contributed by atoms with Crippen molar-refractivity contribution in [1.29, 1.82) is 0 Å². The number of methoxy groups -OCH3 is 1. The molecular weight excluding hydrogens is 1880 g/mol. The van der Waals surface area contributed by atoms with Crippen LogP contribution in [0, 0.1) is 40.4 Å². The molecule has 0 saturated heterocycles. The summed E-state index contributed by atoms with van der Waals surface area (Å²) in [5.74, 6) is 3.96. The van der Waals surface area contributed by atoms with Crippen molar-refractivity contribution in [1.82, 2.24) is 4.98 Å². The number of hydrogen-bond donors (Lipinski definition) is 0. The van der Waals surface area contributed by atoms with Crippen molar-refractivity contribution >= 4 is 133 Å². The Bertz CT molecular complexity index is 5440. The third-order valence-electron chi connectivity index (χ3n) is 18.7. The van der Waals surface area contributed by atoms with Crippen LogP contribution in [0.1, 0.15) is 98.5 Å². The van der Waals surface area contributed by atoms with Crippen molar-refractivity contribution < 1.29 is 31.8 Å². The van der Waals surface area contributed by atoms with Crippen molar-refractivity contribution in [3.63, 3.8) is 0 Å². The van der Waals surface area contributed by atoms with Gasteiger partial charge in [-0.05, 0) is 233 Å². The summed E-state index contributed by atoms with van der Waals surface area (Å²) in [6, 6.07) is 94.0. The van der Waals surface area contributed by atoms with Crippen LogP contribution in [0.4, 0.5) is 17.6 Å². The molecule has 0 aliphatic carbocycles. The molecule has 119 heavy (non-hydrogen) atoms. The molecular formula is C101H94Br4Cl5F4NO3S. The van der Waals surface area contributed by atoms with Crippen LogP contribution in [-0.4, -0.2) is 25.3 Å². The first kappa shape index (κ1) is 96.4. The summed E-state index contributed by atoms with van der Waals surface area (Å²) in [6.07, 6.45) is -2.03. The molecule has 0 N–H and O–H groups in total. The Morgan fingerprint density at radius 1 is 0.403 bits per heavy atom. The quantitative estimate of drug-likeness (QED) is 0.0408. The van der Waals surface area contributed by atoms with Gasteiger partial charge in [0.15, 0.2) is 0 Å². The third-order valence-corrected chi connectivity index (χ3v) is 24.2. The van der Waals surface area contributed by atoms with Crippen LogP contribution < -0.4 is 14.2 Å². The summed E-state index contributed by atoms with van der Waals surface area (Å²) in [5.41, 5.74) is 26.1. The molecule has 0 radical (unpaired) electrons. The van der Waals surface area contributed by atoms with Crippen molar-refractivity contribution in [3.8, 4) is 94.6 Å². The summed E-state index contributed by atoms with van der Waals surface area (Å²) < 4.78 is 67.7. The van der Waals surface area contributed by atoms with Crippen LogP contribution in [0.5, 0.6) is 17.2 Å². The number of rotatable bonds is 21. The number of hydrogen-bond acceptors (Lipinski definition) is 5. The maximum Gasteiger partial charge on any atom is 0.416 e. The molecule has 14 aromatic rings. The van der Waals surface area contributed by atoms with Gasteiger partial charge in [0, 0.05) is 64.7 Å². The molecule has 0 aliphatic heterocycles. The molecule has 0 spiro atoms. The number of ether oxygens (including phenoxy) is 3. The van der Waals surface area contributed by atoms with Crippen LogP contribution >= 0.6 is 133 Å². The van der Waals surface area contributed by atoms with Gasteiger partial charge in [-0.1, -0.05) is 318 Å². The van der Waals surface area contributed by atoms with Gasteiger partial charge in [-0.15, -0.1) is 46.1 Å². The first-order chi connectivity index (χ1) is 57.4. The molecule has 0 fully saturated rings. The summed E-state index contributed by atoms with van der Waals surface area (Å²) in [4.78, 5) is 5.67. The molecule has 0 bridgehead atoms. The number of nitrogens with zero attached hydrogens (tertiary/aromatic N) is 1. The SMILES string of the molecule is CCCCOc1ccc(C)cc1-c1ccc(CBr)cc1.CCOc1ccc(F)c(-c2ccc(CBr)cc2)c1.COc1cccc(-c2ccc(CBr)cc2)c1.Cc1c(Cl)cccc1-c1cccc(CCl)c1.Cc1cc(Cl)ccc1-c1cccc(CCl)c1.Cc1ccc(-c2nc(C)c(CCl)s2)cc1.FC(F)(F)c1ccc(-c2cccc(CBr)c2)cc1. The molecule has 0 unspecified atom stereocenters. The fourth-order valence-electron chi connectivity index (χ4n) is 12.0. The number of aryl methyl sites for hydroxylation is 4. The lowest BCUT2D eigenvalue weighted by molar-refractivity contribution is -0.137. The molecule has 13 aromatic carbocycles. The average molecular weight is 1970 g/mol. The number of aromatic nitrogens is 1. The maximum absolute atomic E-state index is 13.8. The zero-order valence-electron chi connectivity index (χ0n) is 67.5. The van der Waals surface area contributed by atoms with E-state index in [0.29, 0.717) is 35.6 Å². The van der Waals surface area contributed by atoms with Gasteiger partial charge >= 0.3 is 6.18 Å². The van der Waals surface area contributed by atoms with Gasteiger partial charge in [-0.25, -0.2) is 9.37 Å². The molecule has 0 atom stereocenters. The Hall–Kier alpha value is -8.02. The van der Waals surface area contributed by atoms with Gasteiger partial charge in [0.1, 0.15) is 28.1 Å². The van der Waals surface area contributed by atoms with Crippen LogP contribution in [0.3, 0.4) is 0 Å². The molecule has 1 aromatic heterocycles. The topological polar surface area (TPSA) is 40.6 Å². The van der Waals surface area contributed by atoms with E-state index in [1.807, 2.05) is 142 Å². The lowest BCUT2D eigenvalue weighted by atomic mass is 9.99. The minimum atomic E-state index is -4.28. The van der Waals surface area contributed by atoms with Crippen LogP contribution in [-0.2, 0) is 45.1 Å². The first-order valence-corrected chi connectivity index (χ1v) is 46.1. The van der Waals surface area contributed by atoms with Gasteiger partial charge in [0.25, 0.3) is 0 Å². The van der Waals surface area contributed by atoms with Gasteiger partial charge in [-0.3, -0.25) is 0 Å². The Kier molecular flexibility index (Phi) is 40.8. The molecule has 0 aliphatic rings. The summed E-state index contributed by atoms with van der Waals surface area (Å²) in [7, 11) is 1.69. The molecule has 618 valence electrons. The van der Waals surface area contributed by atoms with Gasteiger partial charge in [0.2, 0.25) is 0 Å². The Balaban J connectivity index is 0.000000173. The number of unbranched alkanes of at least 4 members (excludes halogenated alkanes) is 1. The minimum Gasteiger partial charge on any atom is -0.497 e. The zero-order chi connectivity index (χ0) is 85.8. The van der Waals surface area contributed by atoms with E-state index in [-0.39, 0.29) is 5.82 Å². The molecule has 1 heterocycles. The monoisotopic (exact) mass is 1970 g/mol. The van der Waals surface area contributed by atoms with E-state index in [9.17, 15) is 17.6 Å². The number of alkyl halides is 10. The predicted octanol–water partition coefficient (Wildman–Crippen LogP) is 34.3. The van der Waals surface area contributed by atoms with E-state index in [1.165, 1.54) is 96.1 Å². The van der Waals surface area contributed by atoms with Gasteiger partial charge < -0.3 is 14.2 Å². The summed E-state index contributed by atoms with van der Waals surface area (Å²) in [5, 5.41) is 5.94. The Morgan fingerprint density at radius 2 is 0.899 bits per heavy atom. The van der Waals surface area contributed by atoms with Crippen molar-refractivity contribution in [2.24, 2.45) is 0 Å². The minimum absolute atomic E-state index is 0.231. The summed E-state index contributed by atoms with van der Waals surface area (Å²) in [6.45, 7) is 15.8. The van der Waals surface area contributed by atoms with Crippen molar-refractivity contribution in [2.45, 2.75) is 106 Å². The standard InChI is InChI=1S/C18H21BrO.C15H14BrFO.C14H10BrF3.C14H13BrO.2C14H12Cl2.C12H12ClNS/c1-3-4-11-20-18-10-5-14(2)12-17(18)16-8-6-15(13-19)7-9-16;1-2-18-13-7-8-15(17)14(9-13)12-5-3-11(10-16)4-6-12;15-9-10-2-1-3-12(8-10)11-4-6-13(7-5-11)14(16,17)18;1-16-14-4-2-3-13(9-14)12-7-5-11(10-15)6-8-12;1-10-13(6-3-7-14(10)16)12-5-2-4-11(8-12)9-15;1-10-7-13(16)5-6-14(10)12-4-2-3-11(8-12)9-15;1-8-3-5-10(6-4-8)12-14-9(2)11(7-13)15-12/h5-10,12H,3-4,11,13H2,1-2H3;3-9H,2,10H2,1H3;1-8H,9H2;2-9H,10H2,1H3;2*2-8H,9H2,1H3;3-6H,7H2,1-2H3. The highest BCUT2D eigenvalue weighted by molar-refractivity contribution is 9.09. The van der Waals surface area contributed by atoms with E-state index in [1.54, 1.807) is 30.6 Å². The highest BCUT2D eigenvalue weighted by Crippen LogP contribution is 2.37. The fourth-order valence-corrected chi connectivity index (χ4v) is 15.5. The predicted molar refractivity (Wildman–Crippen MR) is 515 cm³/mol. The molecule has 14 rings (SSSR count). The molecule has 0 saturated carbocycles. The third kappa shape index (κ3) is 30.5. The lowest BCUT2D eigenvalue weighted by Gasteiger charge is -2.13. The van der Waals surface area contributed by atoms with E-state index in [0.717, 1.165) is 135 Å². The number of benzene rings is 13.